The standard InChI is InChI=1S/C28H24F3NO5/c1-15(2)37-22-12-9-18(13-16(22)3)25(34)23-24(17-7-10-21(33)11-8-17)32(27(36)26(23)35)20-6-4-5-19(14-20)28(29,30)31/h4-15,24,33-34H,1-3H3/b25-23+. The van der Waals surface area contributed by atoms with Gasteiger partial charge in [0.1, 0.15) is 17.3 Å². The van der Waals surface area contributed by atoms with E-state index in [4.69, 9.17) is 4.74 Å². The molecule has 0 radical (unpaired) electrons. The van der Waals surface area contributed by atoms with E-state index >= 15 is 0 Å². The van der Waals surface area contributed by atoms with E-state index in [0.717, 1.165) is 23.1 Å². The third kappa shape index (κ3) is 5.02. The SMILES string of the molecule is Cc1cc(/C(O)=C2\C(=O)C(=O)N(c3cccc(C(F)(F)F)c3)C2c2ccc(O)cc2)ccc1OC(C)C. The van der Waals surface area contributed by atoms with Crippen molar-refractivity contribution < 1.29 is 37.7 Å². The average molecular weight is 511 g/mol. The minimum atomic E-state index is -4.67. The van der Waals surface area contributed by atoms with Gasteiger partial charge in [-0.3, -0.25) is 14.5 Å². The van der Waals surface area contributed by atoms with Crippen molar-refractivity contribution >= 4 is 23.1 Å². The van der Waals surface area contributed by atoms with E-state index in [1.54, 1.807) is 19.1 Å². The summed E-state index contributed by atoms with van der Waals surface area (Å²) in [6.45, 7) is 5.48. The van der Waals surface area contributed by atoms with E-state index in [1.807, 2.05) is 13.8 Å². The van der Waals surface area contributed by atoms with E-state index in [9.17, 15) is 33.0 Å². The molecule has 1 atom stereocenters. The average Bonchev–Trinajstić information content (AvgIpc) is 3.10. The minimum absolute atomic E-state index is 0.0869. The predicted octanol–water partition coefficient (Wildman–Crippen LogP) is 6.13. The number of ketones is 1. The number of amides is 1. The molecule has 1 fully saturated rings. The first-order valence-electron chi connectivity index (χ1n) is 11.4. The highest BCUT2D eigenvalue weighted by atomic mass is 19.4. The maximum atomic E-state index is 13.4. The fourth-order valence-electron chi connectivity index (χ4n) is 4.24. The third-order valence-electron chi connectivity index (χ3n) is 5.92. The molecule has 1 saturated heterocycles. The number of aliphatic hydroxyl groups is 1. The van der Waals surface area contributed by atoms with Gasteiger partial charge in [-0.05, 0) is 80.4 Å². The van der Waals surface area contributed by atoms with E-state index in [2.05, 4.69) is 0 Å². The van der Waals surface area contributed by atoms with Gasteiger partial charge >= 0.3 is 6.18 Å². The summed E-state index contributed by atoms with van der Waals surface area (Å²) in [5.74, 6) is -2.13. The third-order valence-corrected chi connectivity index (χ3v) is 5.92. The molecule has 1 aliphatic rings. The van der Waals surface area contributed by atoms with E-state index in [0.29, 0.717) is 16.9 Å². The number of carbonyl (C=O) groups excluding carboxylic acids is 2. The Morgan fingerprint density at radius 1 is 1.00 bits per heavy atom. The number of hydrogen-bond acceptors (Lipinski definition) is 5. The molecule has 9 heteroatoms. The van der Waals surface area contributed by atoms with E-state index < -0.39 is 35.2 Å². The summed E-state index contributed by atoms with van der Waals surface area (Å²) in [7, 11) is 0. The molecule has 0 aliphatic carbocycles. The van der Waals surface area contributed by atoms with Gasteiger partial charge in [0, 0.05) is 11.3 Å². The Labute approximate surface area is 211 Å². The molecule has 192 valence electrons. The molecule has 1 unspecified atom stereocenters. The van der Waals surface area contributed by atoms with Crippen molar-refractivity contribution in [1.29, 1.82) is 0 Å². The lowest BCUT2D eigenvalue weighted by Gasteiger charge is -2.26. The first-order chi connectivity index (χ1) is 17.4. The molecular weight excluding hydrogens is 487 g/mol. The number of anilines is 1. The lowest BCUT2D eigenvalue weighted by molar-refractivity contribution is -0.137. The highest BCUT2D eigenvalue weighted by molar-refractivity contribution is 6.51. The number of aromatic hydroxyl groups is 1. The Kier molecular flexibility index (Phi) is 6.73. The van der Waals surface area contributed by atoms with Crippen LogP contribution in [0.2, 0.25) is 0 Å². The molecule has 3 aromatic rings. The number of aryl methyl sites for hydroxylation is 1. The fourth-order valence-corrected chi connectivity index (χ4v) is 4.24. The van der Waals surface area contributed by atoms with Crippen molar-refractivity contribution in [1.82, 2.24) is 0 Å². The van der Waals surface area contributed by atoms with Crippen LogP contribution >= 0.6 is 0 Å². The zero-order valence-corrected chi connectivity index (χ0v) is 20.2. The highest BCUT2D eigenvalue weighted by Gasteiger charge is 2.47. The topological polar surface area (TPSA) is 87.1 Å². The molecule has 0 spiro atoms. The van der Waals surface area contributed by atoms with Crippen LogP contribution in [-0.4, -0.2) is 28.0 Å². The minimum Gasteiger partial charge on any atom is -0.508 e. The summed E-state index contributed by atoms with van der Waals surface area (Å²) in [5.41, 5.74) is -0.221. The maximum Gasteiger partial charge on any atom is 0.416 e. The Balaban J connectivity index is 1.90. The summed E-state index contributed by atoms with van der Waals surface area (Å²) in [6, 6.07) is 13.1. The van der Waals surface area contributed by atoms with Gasteiger partial charge in [-0.15, -0.1) is 0 Å². The van der Waals surface area contributed by atoms with Crippen molar-refractivity contribution in [3.8, 4) is 11.5 Å². The Hall–Kier alpha value is -4.27. The van der Waals surface area contributed by atoms with Gasteiger partial charge < -0.3 is 14.9 Å². The van der Waals surface area contributed by atoms with Crippen LogP contribution in [0.4, 0.5) is 18.9 Å². The molecule has 1 amide bonds. The normalized spacial score (nSPS) is 17.5. The molecule has 0 bridgehead atoms. The van der Waals surface area contributed by atoms with Crippen molar-refractivity contribution in [3.05, 3.63) is 94.6 Å². The molecule has 37 heavy (non-hydrogen) atoms. The predicted molar refractivity (Wildman–Crippen MR) is 131 cm³/mol. The second kappa shape index (κ2) is 9.65. The number of Topliss-reactive ketones (excluding diaryl/α,β-unsaturated/α-hetero) is 1. The van der Waals surface area contributed by atoms with Gasteiger partial charge in [0.15, 0.2) is 0 Å². The van der Waals surface area contributed by atoms with Crippen LogP contribution in [0.15, 0.2) is 72.3 Å². The lowest BCUT2D eigenvalue weighted by Crippen LogP contribution is -2.29. The van der Waals surface area contributed by atoms with Crippen molar-refractivity contribution in [2.75, 3.05) is 4.90 Å². The number of phenols is 1. The molecule has 0 aromatic heterocycles. The zero-order chi connectivity index (χ0) is 27.1. The molecule has 0 saturated carbocycles. The molecule has 6 nitrogen and oxygen atoms in total. The highest BCUT2D eigenvalue weighted by Crippen LogP contribution is 2.44. The molecule has 3 aromatic carbocycles. The van der Waals surface area contributed by atoms with Crippen molar-refractivity contribution in [3.63, 3.8) is 0 Å². The summed E-state index contributed by atoms with van der Waals surface area (Å²) < 4.78 is 45.9. The Morgan fingerprint density at radius 3 is 2.27 bits per heavy atom. The van der Waals surface area contributed by atoms with Gasteiger partial charge in [-0.1, -0.05) is 18.2 Å². The zero-order valence-electron chi connectivity index (χ0n) is 20.2. The second-order valence-electron chi connectivity index (χ2n) is 8.96. The summed E-state index contributed by atoms with van der Waals surface area (Å²) >= 11 is 0. The number of ether oxygens (including phenoxy) is 1. The molecule has 1 heterocycles. The fraction of sp³-hybridized carbons (Fsp3) is 0.214. The first kappa shape index (κ1) is 25.8. The van der Waals surface area contributed by atoms with E-state index in [1.165, 1.54) is 36.4 Å². The number of hydrogen-bond donors (Lipinski definition) is 2. The molecule has 4 rings (SSSR count). The van der Waals surface area contributed by atoms with Gasteiger partial charge in [0.25, 0.3) is 11.7 Å². The number of rotatable bonds is 5. The molecule has 1 aliphatic heterocycles. The van der Waals surface area contributed by atoms with Crippen LogP contribution in [0.25, 0.3) is 5.76 Å². The number of carbonyl (C=O) groups is 2. The van der Waals surface area contributed by atoms with Crippen LogP contribution in [0, 0.1) is 6.92 Å². The molecule has 2 N–H and O–H groups in total. The van der Waals surface area contributed by atoms with Crippen LogP contribution < -0.4 is 9.64 Å². The number of benzene rings is 3. The number of nitrogens with zero attached hydrogens (tertiary/aromatic N) is 1. The summed E-state index contributed by atoms with van der Waals surface area (Å²) in [4.78, 5) is 27.3. The Bertz CT molecular complexity index is 1390. The largest absolute Gasteiger partial charge is 0.508 e. The number of aliphatic hydroxyl groups excluding tert-OH is 1. The second-order valence-corrected chi connectivity index (χ2v) is 8.96. The van der Waals surface area contributed by atoms with Gasteiger partial charge in [-0.25, -0.2) is 0 Å². The monoisotopic (exact) mass is 511 g/mol. The first-order valence-corrected chi connectivity index (χ1v) is 11.4. The van der Waals surface area contributed by atoms with Crippen LogP contribution in [0.3, 0.4) is 0 Å². The summed E-state index contributed by atoms with van der Waals surface area (Å²) in [6.07, 6.45) is -4.76. The van der Waals surface area contributed by atoms with Crippen LogP contribution in [-0.2, 0) is 15.8 Å². The van der Waals surface area contributed by atoms with Crippen LogP contribution in [0.1, 0.15) is 42.1 Å². The smallest absolute Gasteiger partial charge is 0.416 e. The van der Waals surface area contributed by atoms with Crippen LogP contribution in [0.5, 0.6) is 11.5 Å². The number of phenolic OH excluding ortho intramolecular Hbond substituents is 1. The van der Waals surface area contributed by atoms with Gasteiger partial charge in [-0.2, -0.15) is 13.2 Å². The van der Waals surface area contributed by atoms with Crippen molar-refractivity contribution in [2.45, 2.75) is 39.1 Å². The maximum absolute atomic E-state index is 13.4. The molecular formula is C28H24F3NO5. The number of alkyl halides is 3. The van der Waals surface area contributed by atoms with Gasteiger partial charge in [0.2, 0.25) is 0 Å². The number of halogens is 3. The quantitative estimate of drug-likeness (QED) is 0.244. The van der Waals surface area contributed by atoms with E-state index in [-0.39, 0.29) is 28.7 Å². The lowest BCUT2D eigenvalue weighted by atomic mass is 9.94. The van der Waals surface area contributed by atoms with Gasteiger partial charge in [0.05, 0.1) is 23.3 Å². The Morgan fingerprint density at radius 2 is 1.68 bits per heavy atom. The van der Waals surface area contributed by atoms with Crippen molar-refractivity contribution in [2.24, 2.45) is 0 Å². The summed E-state index contributed by atoms with van der Waals surface area (Å²) in [5, 5.41) is 21.0.